The molecule has 1 saturated carbocycles. The standard InChI is InChI=1S/C21H32N2O4/c1-6-21(2,3)14-7-9-15(10-8-14)22-19(24)20(25)23-17-13-16(26-4)11-12-18(17)27-5/h11-15H,6-10H2,1-5H3,(H,22,24)(H,23,25). The molecule has 150 valence electrons. The van der Waals surface area contributed by atoms with Crippen LogP contribution in [0.25, 0.3) is 0 Å². The van der Waals surface area contributed by atoms with E-state index in [1.807, 2.05) is 0 Å². The molecular weight excluding hydrogens is 344 g/mol. The fraction of sp³-hybridized carbons (Fsp3) is 0.619. The molecule has 6 nitrogen and oxygen atoms in total. The topological polar surface area (TPSA) is 76.7 Å². The van der Waals surface area contributed by atoms with Crippen LogP contribution in [0.5, 0.6) is 11.5 Å². The number of benzene rings is 1. The largest absolute Gasteiger partial charge is 0.497 e. The predicted molar refractivity (Wildman–Crippen MR) is 106 cm³/mol. The molecule has 1 aliphatic carbocycles. The highest BCUT2D eigenvalue weighted by Gasteiger charge is 2.32. The lowest BCUT2D eigenvalue weighted by Crippen LogP contribution is -2.44. The smallest absolute Gasteiger partial charge is 0.313 e. The number of anilines is 1. The molecule has 0 atom stereocenters. The lowest BCUT2D eigenvalue weighted by atomic mass is 9.69. The van der Waals surface area contributed by atoms with Crippen LogP contribution in [0.1, 0.15) is 52.9 Å². The highest BCUT2D eigenvalue weighted by atomic mass is 16.5. The van der Waals surface area contributed by atoms with Crippen LogP contribution in [0.15, 0.2) is 18.2 Å². The lowest BCUT2D eigenvalue weighted by Gasteiger charge is -2.39. The molecule has 0 aromatic heterocycles. The Morgan fingerprint density at radius 1 is 1.07 bits per heavy atom. The Hall–Kier alpha value is -2.24. The van der Waals surface area contributed by atoms with Gasteiger partial charge in [0.05, 0.1) is 19.9 Å². The van der Waals surface area contributed by atoms with Crippen LogP contribution >= 0.6 is 0 Å². The van der Waals surface area contributed by atoms with Crippen LogP contribution < -0.4 is 20.1 Å². The third kappa shape index (κ3) is 5.37. The van der Waals surface area contributed by atoms with Crippen molar-refractivity contribution in [3.05, 3.63) is 18.2 Å². The van der Waals surface area contributed by atoms with E-state index >= 15 is 0 Å². The summed E-state index contributed by atoms with van der Waals surface area (Å²) in [4.78, 5) is 24.6. The van der Waals surface area contributed by atoms with Gasteiger partial charge in [0.15, 0.2) is 0 Å². The van der Waals surface area contributed by atoms with E-state index < -0.39 is 11.8 Å². The first-order chi connectivity index (χ1) is 12.8. The summed E-state index contributed by atoms with van der Waals surface area (Å²) in [6.07, 6.45) is 5.14. The van der Waals surface area contributed by atoms with Gasteiger partial charge in [0.25, 0.3) is 0 Å². The molecule has 0 heterocycles. The molecule has 0 saturated heterocycles. The molecule has 6 heteroatoms. The second kappa shape index (κ2) is 9.11. The number of carbonyl (C=O) groups is 2. The first kappa shape index (κ1) is 21.1. The molecule has 1 aromatic carbocycles. The number of hydrogen-bond donors (Lipinski definition) is 2. The van der Waals surface area contributed by atoms with E-state index in [9.17, 15) is 9.59 Å². The van der Waals surface area contributed by atoms with Gasteiger partial charge in [0, 0.05) is 12.1 Å². The lowest BCUT2D eigenvalue weighted by molar-refractivity contribution is -0.136. The summed E-state index contributed by atoms with van der Waals surface area (Å²) in [6, 6.07) is 5.09. The summed E-state index contributed by atoms with van der Waals surface area (Å²) in [6.45, 7) is 6.85. The van der Waals surface area contributed by atoms with Gasteiger partial charge in [0.2, 0.25) is 0 Å². The van der Waals surface area contributed by atoms with Crippen LogP contribution in [-0.4, -0.2) is 32.1 Å². The molecular formula is C21H32N2O4. The fourth-order valence-electron chi connectivity index (χ4n) is 3.65. The first-order valence-corrected chi connectivity index (χ1v) is 9.64. The van der Waals surface area contributed by atoms with E-state index in [-0.39, 0.29) is 6.04 Å². The van der Waals surface area contributed by atoms with Crippen molar-refractivity contribution in [1.82, 2.24) is 5.32 Å². The van der Waals surface area contributed by atoms with Crippen LogP contribution in [-0.2, 0) is 9.59 Å². The average Bonchev–Trinajstić information content (AvgIpc) is 2.68. The quantitative estimate of drug-likeness (QED) is 0.741. The van der Waals surface area contributed by atoms with Gasteiger partial charge in [-0.25, -0.2) is 0 Å². The Labute approximate surface area is 162 Å². The highest BCUT2D eigenvalue weighted by molar-refractivity contribution is 6.39. The van der Waals surface area contributed by atoms with Crippen molar-refractivity contribution in [2.45, 2.75) is 58.9 Å². The third-order valence-corrected chi connectivity index (χ3v) is 5.94. The zero-order valence-electron chi connectivity index (χ0n) is 17.1. The Balaban J connectivity index is 1.91. The average molecular weight is 376 g/mol. The monoisotopic (exact) mass is 376 g/mol. The number of ether oxygens (including phenoxy) is 2. The number of methoxy groups -OCH3 is 2. The van der Waals surface area contributed by atoms with Gasteiger partial charge >= 0.3 is 11.8 Å². The Kier molecular flexibility index (Phi) is 7.11. The van der Waals surface area contributed by atoms with E-state index in [4.69, 9.17) is 9.47 Å². The Morgan fingerprint density at radius 2 is 1.74 bits per heavy atom. The molecule has 2 N–H and O–H groups in total. The van der Waals surface area contributed by atoms with Crippen molar-refractivity contribution in [3.8, 4) is 11.5 Å². The van der Waals surface area contributed by atoms with Crippen LogP contribution in [0.4, 0.5) is 5.69 Å². The number of amides is 2. The van der Waals surface area contributed by atoms with E-state index in [0.29, 0.717) is 28.5 Å². The van der Waals surface area contributed by atoms with Gasteiger partial charge in [-0.15, -0.1) is 0 Å². The highest BCUT2D eigenvalue weighted by Crippen LogP contribution is 2.40. The molecule has 0 unspecified atom stereocenters. The second-order valence-electron chi connectivity index (χ2n) is 7.88. The molecule has 2 amide bonds. The predicted octanol–water partition coefficient (Wildman–Crippen LogP) is 3.75. The maximum absolute atomic E-state index is 12.3. The summed E-state index contributed by atoms with van der Waals surface area (Å²) < 4.78 is 10.4. The van der Waals surface area contributed by atoms with E-state index in [0.717, 1.165) is 32.1 Å². The first-order valence-electron chi connectivity index (χ1n) is 9.64. The van der Waals surface area contributed by atoms with Crippen LogP contribution in [0.3, 0.4) is 0 Å². The fourth-order valence-corrected chi connectivity index (χ4v) is 3.65. The Bertz CT molecular complexity index is 664. The number of carbonyl (C=O) groups excluding carboxylic acids is 2. The molecule has 0 radical (unpaired) electrons. The minimum absolute atomic E-state index is 0.0550. The molecule has 1 aliphatic rings. The van der Waals surface area contributed by atoms with E-state index in [1.54, 1.807) is 18.2 Å². The van der Waals surface area contributed by atoms with Crippen molar-refractivity contribution >= 4 is 17.5 Å². The number of rotatable bonds is 6. The van der Waals surface area contributed by atoms with Crippen LogP contribution in [0.2, 0.25) is 0 Å². The van der Waals surface area contributed by atoms with Crippen LogP contribution in [0, 0.1) is 11.3 Å². The number of hydrogen-bond acceptors (Lipinski definition) is 4. The van der Waals surface area contributed by atoms with Gasteiger partial charge in [-0.1, -0.05) is 27.2 Å². The number of nitrogens with one attached hydrogen (secondary N) is 2. The maximum atomic E-state index is 12.3. The van der Waals surface area contributed by atoms with Crippen molar-refractivity contribution < 1.29 is 19.1 Å². The van der Waals surface area contributed by atoms with Crippen molar-refractivity contribution in [2.75, 3.05) is 19.5 Å². The van der Waals surface area contributed by atoms with Gasteiger partial charge in [-0.3, -0.25) is 9.59 Å². The van der Waals surface area contributed by atoms with Gasteiger partial charge in [0.1, 0.15) is 11.5 Å². The van der Waals surface area contributed by atoms with Gasteiger partial charge in [-0.05, 0) is 49.1 Å². The van der Waals surface area contributed by atoms with Gasteiger partial charge in [-0.2, -0.15) is 0 Å². The SMILES string of the molecule is CCC(C)(C)C1CCC(NC(=O)C(=O)Nc2cc(OC)ccc2OC)CC1. The van der Waals surface area contributed by atoms with Crippen molar-refractivity contribution in [2.24, 2.45) is 11.3 Å². The summed E-state index contributed by atoms with van der Waals surface area (Å²) >= 11 is 0. The molecule has 2 rings (SSSR count). The Morgan fingerprint density at radius 3 is 2.30 bits per heavy atom. The van der Waals surface area contributed by atoms with Crippen molar-refractivity contribution in [3.63, 3.8) is 0 Å². The minimum Gasteiger partial charge on any atom is -0.497 e. The zero-order valence-corrected chi connectivity index (χ0v) is 17.1. The van der Waals surface area contributed by atoms with E-state index in [2.05, 4.69) is 31.4 Å². The molecule has 0 aliphatic heterocycles. The molecule has 1 aromatic rings. The normalized spacial score (nSPS) is 19.9. The van der Waals surface area contributed by atoms with E-state index in [1.165, 1.54) is 14.2 Å². The zero-order chi connectivity index (χ0) is 20.0. The maximum Gasteiger partial charge on any atom is 0.313 e. The molecule has 0 bridgehead atoms. The van der Waals surface area contributed by atoms with Crippen molar-refractivity contribution in [1.29, 1.82) is 0 Å². The summed E-state index contributed by atoms with van der Waals surface area (Å²) in [5, 5.41) is 5.48. The second-order valence-corrected chi connectivity index (χ2v) is 7.88. The van der Waals surface area contributed by atoms with Gasteiger partial charge < -0.3 is 20.1 Å². The molecule has 1 fully saturated rings. The summed E-state index contributed by atoms with van der Waals surface area (Å²) in [5.74, 6) is 0.406. The molecule has 0 spiro atoms. The molecule has 27 heavy (non-hydrogen) atoms. The summed E-state index contributed by atoms with van der Waals surface area (Å²) in [7, 11) is 3.05. The minimum atomic E-state index is -0.697. The third-order valence-electron chi connectivity index (χ3n) is 5.94. The summed E-state index contributed by atoms with van der Waals surface area (Å²) in [5.41, 5.74) is 0.736.